The molecule has 20 heavy (non-hydrogen) atoms. The molecule has 1 saturated heterocycles. The topological polar surface area (TPSA) is 82.8 Å². The van der Waals surface area contributed by atoms with Crippen LogP contribution in [0.1, 0.15) is 27.7 Å². The van der Waals surface area contributed by atoms with Gasteiger partial charge in [0.1, 0.15) is 0 Å². The molecule has 0 radical (unpaired) electrons. The van der Waals surface area contributed by atoms with Crippen molar-refractivity contribution in [1.29, 1.82) is 0 Å². The Labute approximate surface area is 128 Å². The van der Waals surface area contributed by atoms with E-state index < -0.39 is 5.66 Å². The zero-order chi connectivity index (χ0) is 17.5. The summed E-state index contributed by atoms with van der Waals surface area (Å²) in [7, 11) is 0. The second-order valence-electron chi connectivity index (χ2n) is 3.95. The number of hydrogen-bond donors (Lipinski definition) is 0. The Balaban J connectivity index is -0.000000138. The molecule has 0 aromatic rings. The molecule has 0 N–H and O–H groups in total. The van der Waals surface area contributed by atoms with Crippen LogP contribution in [-0.2, 0) is 33.7 Å². The van der Waals surface area contributed by atoms with Gasteiger partial charge < -0.3 is 0 Å². The molecule has 0 spiro atoms. The Bertz CT molecular complexity index is 364. The van der Waals surface area contributed by atoms with E-state index in [4.69, 9.17) is 18.6 Å². The van der Waals surface area contributed by atoms with Gasteiger partial charge in [-0.3, -0.25) is 0 Å². The first-order valence-corrected chi connectivity index (χ1v) is 8.52. The second-order valence-corrected chi connectivity index (χ2v) is 9.14. The van der Waals surface area contributed by atoms with Gasteiger partial charge in [0, 0.05) is 0 Å². The molecule has 0 aromatic carbocycles. The van der Waals surface area contributed by atoms with Gasteiger partial charge in [0.25, 0.3) is 0 Å². The van der Waals surface area contributed by atoms with Gasteiger partial charge in [-0.15, -0.1) is 0 Å². The van der Waals surface area contributed by atoms with Crippen molar-refractivity contribution in [2.45, 2.75) is 39.8 Å². The van der Waals surface area contributed by atoms with E-state index in [1.165, 1.54) is 11.5 Å². The van der Waals surface area contributed by atoms with Gasteiger partial charge >= 0.3 is 128 Å². The standard InChI is InChI=1S/C9H18NP.4CO.Fe/c1-7(2)10(8(3)4)11-6-9(11)5;4*1-2;/h7-8H,5-6H2,1-4H3;;;;;. The predicted octanol–water partition coefficient (Wildman–Crippen LogP) is 2.88. The molecular weight excluding hydrogens is 321 g/mol. The van der Waals surface area contributed by atoms with E-state index in [1.54, 1.807) is 0 Å². The van der Waals surface area contributed by atoms with Crippen LogP contribution in [0.4, 0.5) is 0 Å². The molecule has 7 heteroatoms. The molecule has 0 aromatic heterocycles. The zero-order valence-corrected chi connectivity index (χ0v) is 13.9. The van der Waals surface area contributed by atoms with Crippen molar-refractivity contribution in [2.75, 3.05) is 6.16 Å². The minimum absolute atomic E-state index is 0.607. The Morgan fingerprint density at radius 3 is 1.20 bits per heavy atom. The van der Waals surface area contributed by atoms with E-state index in [2.05, 4.69) is 80.6 Å². The van der Waals surface area contributed by atoms with Gasteiger partial charge in [-0.25, -0.2) is 0 Å². The van der Waals surface area contributed by atoms with E-state index in [9.17, 15) is 0 Å². The van der Waals surface area contributed by atoms with Crippen molar-refractivity contribution in [3.05, 3.63) is 38.5 Å². The first-order chi connectivity index (χ1) is 9.39. The molecule has 1 rings (SSSR count). The number of nitrogens with zero attached hydrogens (tertiary/aromatic N) is 1. The predicted molar refractivity (Wildman–Crippen MR) is 68.8 cm³/mol. The fourth-order valence-corrected chi connectivity index (χ4v) is 7.04. The zero-order valence-electron chi connectivity index (χ0n) is 11.9. The number of allylic oxidation sites excluding steroid dienone is 1. The Hall–Kier alpha value is -0.391. The van der Waals surface area contributed by atoms with E-state index in [1.807, 2.05) is 0 Å². The van der Waals surface area contributed by atoms with Crippen LogP contribution >= 0.6 is 5.66 Å². The summed E-state index contributed by atoms with van der Waals surface area (Å²) in [5.41, 5.74) is -1.09. The second kappa shape index (κ2) is 16.7. The van der Waals surface area contributed by atoms with Gasteiger partial charge in [-0.1, -0.05) is 0 Å². The summed E-state index contributed by atoms with van der Waals surface area (Å²) in [5.74, 6) is 0. The quantitative estimate of drug-likeness (QED) is 0.337. The molecule has 1 heterocycles. The van der Waals surface area contributed by atoms with E-state index in [-0.39, 0.29) is 0 Å². The summed E-state index contributed by atoms with van der Waals surface area (Å²) in [5, 5.41) is 1.39. The molecule has 0 amide bonds. The summed E-state index contributed by atoms with van der Waals surface area (Å²) >= 11 is 4.34. The van der Waals surface area contributed by atoms with Crippen LogP contribution in [0.3, 0.4) is 0 Å². The average Bonchev–Trinajstić information content (AvgIpc) is 3.05. The fraction of sp³-hybridized carbons (Fsp3) is 0.538. The molecule has 1 unspecified atom stereocenters. The first-order valence-electron chi connectivity index (χ1n) is 5.25. The van der Waals surface area contributed by atoms with Crippen molar-refractivity contribution >= 4 is 5.66 Å². The molecule has 1 aliphatic rings. The van der Waals surface area contributed by atoms with Crippen molar-refractivity contribution < 1.29 is 33.7 Å². The van der Waals surface area contributed by atoms with Crippen LogP contribution in [0.5, 0.6) is 0 Å². The molecule has 0 saturated carbocycles. The SMILES string of the molecule is C=C1C[P]1(=[Fe])N(C(C)C)C(C)C.[C-]#[O+].[C-]#[O+].[C-]#[O+].[C-]#[O+]. The minimum atomic E-state index is -1.09. The third-order valence-electron chi connectivity index (χ3n) is 2.18. The van der Waals surface area contributed by atoms with Gasteiger partial charge in [0.2, 0.25) is 0 Å². The molecule has 0 aliphatic carbocycles. The van der Waals surface area contributed by atoms with Crippen molar-refractivity contribution in [1.82, 2.24) is 4.67 Å². The monoisotopic (exact) mass is 339 g/mol. The Morgan fingerprint density at radius 2 is 1.15 bits per heavy atom. The summed E-state index contributed by atoms with van der Waals surface area (Å²) in [4.78, 5) is 0. The molecular formula is C13H18FeNO4P. The van der Waals surface area contributed by atoms with Crippen molar-refractivity contribution in [3.8, 4) is 0 Å². The summed E-state index contributed by atoms with van der Waals surface area (Å²) in [6.07, 6.45) is 1.18. The van der Waals surface area contributed by atoms with Gasteiger partial charge in [-0.2, -0.15) is 0 Å². The molecule has 1 fully saturated rings. The van der Waals surface area contributed by atoms with Gasteiger partial charge in [0.15, 0.2) is 0 Å². The normalized spacial score (nSPS) is 17.9. The fourth-order valence-electron chi connectivity index (χ4n) is 1.76. The third kappa shape index (κ3) is 9.50. The molecule has 112 valence electrons. The molecule has 1 aliphatic heterocycles. The van der Waals surface area contributed by atoms with Crippen molar-refractivity contribution in [2.24, 2.45) is 0 Å². The molecule has 1 atom stereocenters. The maximum atomic E-state index is 7.50. The average molecular weight is 339 g/mol. The third-order valence-corrected chi connectivity index (χ3v) is 7.68. The number of rotatable bonds is 3. The van der Waals surface area contributed by atoms with E-state index in [0.29, 0.717) is 12.1 Å². The van der Waals surface area contributed by atoms with Crippen LogP contribution in [0.15, 0.2) is 11.9 Å². The van der Waals surface area contributed by atoms with Gasteiger partial charge in [-0.05, 0) is 0 Å². The van der Waals surface area contributed by atoms with Crippen LogP contribution < -0.4 is 0 Å². The van der Waals surface area contributed by atoms with Crippen LogP contribution in [-0.4, -0.2) is 22.9 Å². The maximum absolute atomic E-state index is 7.50. The summed E-state index contributed by atoms with van der Waals surface area (Å²) < 4.78 is 32.6. The van der Waals surface area contributed by atoms with Crippen LogP contribution in [0, 0.1) is 26.6 Å². The molecule has 0 bridgehead atoms. The molecule has 5 nitrogen and oxygen atoms in total. The Kier molecular flexibility index (Phi) is 23.2. The van der Waals surface area contributed by atoms with Gasteiger partial charge in [0.05, 0.1) is 0 Å². The van der Waals surface area contributed by atoms with Crippen LogP contribution in [0.25, 0.3) is 0 Å². The summed E-state index contributed by atoms with van der Waals surface area (Å²) in [6.45, 7) is 31.0. The van der Waals surface area contributed by atoms with E-state index >= 15 is 0 Å². The first kappa shape index (κ1) is 27.9. The number of hydrogen-bond acceptors (Lipinski definition) is 1. The van der Waals surface area contributed by atoms with Crippen molar-refractivity contribution in [3.63, 3.8) is 0 Å². The summed E-state index contributed by atoms with van der Waals surface area (Å²) in [6, 6.07) is 1.21. The van der Waals surface area contributed by atoms with Crippen LogP contribution in [0.2, 0.25) is 0 Å². The van der Waals surface area contributed by atoms with E-state index in [0.717, 1.165) is 0 Å². The Morgan fingerprint density at radius 1 is 0.950 bits per heavy atom.